The molecular formula is C15H17ClN2O. The summed E-state index contributed by atoms with van der Waals surface area (Å²) in [7, 11) is 0. The zero-order chi connectivity index (χ0) is 13.8. The molecule has 0 aliphatic carbocycles. The quantitative estimate of drug-likeness (QED) is 0.769. The molecule has 0 radical (unpaired) electrons. The Balaban J connectivity index is 2.42. The second-order valence-electron chi connectivity index (χ2n) is 4.10. The second-order valence-corrected chi connectivity index (χ2v) is 4.54. The first kappa shape index (κ1) is 13.7. The van der Waals surface area contributed by atoms with Gasteiger partial charge in [0.25, 0.3) is 0 Å². The summed E-state index contributed by atoms with van der Waals surface area (Å²) in [6, 6.07) is 7.60. The minimum Gasteiger partial charge on any atom is -0.494 e. The third-order valence-corrected chi connectivity index (χ3v) is 3.15. The SMILES string of the molecule is C=C(OCC)c1cnn(-c2ccc(Cl)cc2)c1CC. The lowest BCUT2D eigenvalue weighted by Gasteiger charge is -2.10. The van der Waals surface area contributed by atoms with Gasteiger partial charge in [-0.15, -0.1) is 0 Å². The highest BCUT2D eigenvalue weighted by Crippen LogP contribution is 2.23. The summed E-state index contributed by atoms with van der Waals surface area (Å²) in [6.07, 6.45) is 2.65. The van der Waals surface area contributed by atoms with Crippen molar-refractivity contribution in [1.29, 1.82) is 0 Å². The number of hydrogen-bond donors (Lipinski definition) is 0. The van der Waals surface area contributed by atoms with E-state index < -0.39 is 0 Å². The minimum atomic E-state index is 0.605. The predicted molar refractivity (Wildman–Crippen MR) is 78.6 cm³/mol. The first-order valence-corrected chi connectivity index (χ1v) is 6.70. The molecule has 0 saturated carbocycles. The van der Waals surface area contributed by atoms with E-state index in [9.17, 15) is 0 Å². The molecule has 0 fully saturated rings. The molecule has 2 aromatic rings. The summed E-state index contributed by atoms with van der Waals surface area (Å²) in [4.78, 5) is 0. The monoisotopic (exact) mass is 276 g/mol. The molecule has 19 heavy (non-hydrogen) atoms. The molecule has 0 amide bonds. The number of hydrogen-bond acceptors (Lipinski definition) is 2. The van der Waals surface area contributed by atoms with E-state index in [1.807, 2.05) is 35.9 Å². The van der Waals surface area contributed by atoms with Crippen LogP contribution in [0, 0.1) is 0 Å². The van der Waals surface area contributed by atoms with Crippen LogP contribution in [0.15, 0.2) is 37.0 Å². The normalized spacial score (nSPS) is 10.5. The lowest BCUT2D eigenvalue weighted by atomic mass is 10.2. The van der Waals surface area contributed by atoms with Crippen molar-refractivity contribution in [2.75, 3.05) is 6.61 Å². The largest absolute Gasteiger partial charge is 0.494 e. The summed E-state index contributed by atoms with van der Waals surface area (Å²) in [5.74, 6) is 0.666. The molecule has 0 aliphatic heterocycles. The molecule has 0 spiro atoms. The van der Waals surface area contributed by atoms with Crippen LogP contribution in [0.5, 0.6) is 0 Å². The summed E-state index contributed by atoms with van der Waals surface area (Å²) in [5.41, 5.74) is 3.02. The molecule has 1 aromatic heterocycles. The van der Waals surface area contributed by atoms with Gasteiger partial charge in [0.05, 0.1) is 29.7 Å². The van der Waals surface area contributed by atoms with Gasteiger partial charge < -0.3 is 4.74 Å². The maximum atomic E-state index is 5.91. The molecule has 0 saturated heterocycles. The van der Waals surface area contributed by atoms with Crippen LogP contribution in [-0.2, 0) is 11.2 Å². The molecule has 0 bridgehead atoms. The maximum absolute atomic E-state index is 5.91. The van der Waals surface area contributed by atoms with Crippen molar-refractivity contribution in [3.8, 4) is 5.69 Å². The molecule has 1 heterocycles. The van der Waals surface area contributed by atoms with Crippen molar-refractivity contribution in [1.82, 2.24) is 9.78 Å². The average molecular weight is 277 g/mol. The van der Waals surface area contributed by atoms with Gasteiger partial charge in [0.2, 0.25) is 0 Å². The fraction of sp³-hybridized carbons (Fsp3) is 0.267. The van der Waals surface area contributed by atoms with Crippen molar-refractivity contribution in [2.45, 2.75) is 20.3 Å². The summed E-state index contributed by atoms with van der Waals surface area (Å²) in [6.45, 7) is 8.59. The van der Waals surface area contributed by atoms with Gasteiger partial charge in [0.15, 0.2) is 0 Å². The lowest BCUT2D eigenvalue weighted by Crippen LogP contribution is -2.03. The van der Waals surface area contributed by atoms with E-state index in [1.54, 1.807) is 6.20 Å². The number of ether oxygens (including phenoxy) is 1. The Morgan fingerprint density at radius 1 is 1.32 bits per heavy atom. The highest BCUT2D eigenvalue weighted by atomic mass is 35.5. The molecule has 0 unspecified atom stereocenters. The minimum absolute atomic E-state index is 0.605. The first-order valence-electron chi connectivity index (χ1n) is 6.32. The van der Waals surface area contributed by atoms with Crippen molar-refractivity contribution < 1.29 is 4.74 Å². The van der Waals surface area contributed by atoms with Gasteiger partial charge in [-0.1, -0.05) is 25.1 Å². The van der Waals surface area contributed by atoms with Gasteiger partial charge >= 0.3 is 0 Å². The van der Waals surface area contributed by atoms with Crippen LogP contribution >= 0.6 is 11.6 Å². The van der Waals surface area contributed by atoms with E-state index in [2.05, 4.69) is 18.6 Å². The van der Waals surface area contributed by atoms with E-state index in [0.717, 1.165) is 23.4 Å². The molecule has 0 atom stereocenters. The van der Waals surface area contributed by atoms with Crippen molar-refractivity contribution in [2.24, 2.45) is 0 Å². The molecule has 100 valence electrons. The molecule has 2 rings (SSSR count). The lowest BCUT2D eigenvalue weighted by molar-refractivity contribution is 0.299. The van der Waals surface area contributed by atoms with Crippen LogP contribution in [0.25, 0.3) is 11.4 Å². The van der Waals surface area contributed by atoms with E-state index in [-0.39, 0.29) is 0 Å². The Morgan fingerprint density at radius 2 is 2.00 bits per heavy atom. The van der Waals surface area contributed by atoms with E-state index >= 15 is 0 Å². The fourth-order valence-electron chi connectivity index (χ4n) is 2.00. The summed E-state index contributed by atoms with van der Waals surface area (Å²) >= 11 is 5.91. The van der Waals surface area contributed by atoms with Crippen LogP contribution in [0.2, 0.25) is 5.02 Å². The number of benzene rings is 1. The third-order valence-electron chi connectivity index (χ3n) is 2.89. The van der Waals surface area contributed by atoms with E-state index in [1.165, 1.54) is 0 Å². The number of aromatic nitrogens is 2. The smallest absolute Gasteiger partial charge is 0.122 e. The van der Waals surface area contributed by atoms with Crippen LogP contribution in [0.4, 0.5) is 0 Å². The Bertz CT molecular complexity index is 572. The van der Waals surface area contributed by atoms with Crippen LogP contribution in [0.1, 0.15) is 25.1 Å². The summed E-state index contributed by atoms with van der Waals surface area (Å²) < 4.78 is 7.37. The molecule has 0 aliphatic rings. The number of rotatable bonds is 5. The van der Waals surface area contributed by atoms with Gasteiger partial charge in [-0.3, -0.25) is 0 Å². The highest BCUT2D eigenvalue weighted by molar-refractivity contribution is 6.30. The predicted octanol–water partition coefficient (Wildman–Crippen LogP) is 4.10. The zero-order valence-electron chi connectivity index (χ0n) is 11.2. The van der Waals surface area contributed by atoms with Crippen LogP contribution in [-0.4, -0.2) is 16.4 Å². The molecule has 0 N–H and O–H groups in total. The highest BCUT2D eigenvalue weighted by Gasteiger charge is 2.13. The number of nitrogens with zero attached hydrogens (tertiary/aromatic N) is 2. The topological polar surface area (TPSA) is 27.1 Å². The average Bonchev–Trinajstić information content (AvgIpc) is 2.83. The maximum Gasteiger partial charge on any atom is 0.122 e. The van der Waals surface area contributed by atoms with Crippen LogP contribution in [0.3, 0.4) is 0 Å². The van der Waals surface area contributed by atoms with Crippen LogP contribution < -0.4 is 0 Å². The van der Waals surface area contributed by atoms with Gasteiger partial charge in [0.1, 0.15) is 5.76 Å². The third kappa shape index (κ3) is 2.82. The van der Waals surface area contributed by atoms with Gasteiger partial charge in [-0.2, -0.15) is 5.10 Å². The Morgan fingerprint density at radius 3 is 2.58 bits per heavy atom. The van der Waals surface area contributed by atoms with Crippen molar-refractivity contribution >= 4 is 17.4 Å². The van der Waals surface area contributed by atoms with E-state index in [4.69, 9.17) is 16.3 Å². The second kappa shape index (κ2) is 5.93. The van der Waals surface area contributed by atoms with Crippen molar-refractivity contribution in [3.05, 3.63) is 53.3 Å². The Labute approximate surface area is 118 Å². The first-order chi connectivity index (χ1) is 9.17. The molecule has 3 nitrogen and oxygen atoms in total. The Hall–Kier alpha value is -1.74. The number of halogens is 1. The molecular weight excluding hydrogens is 260 g/mol. The van der Waals surface area contributed by atoms with E-state index in [0.29, 0.717) is 17.4 Å². The summed E-state index contributed by atoms with van der Waals surface area (Å²) in [5, 5.41) is 5.14. The standard InChI is InChI=1S/C15H17ClN2O/c1-4-15-14(11(3)19-5-2)10-17-18(15)13-8-6-12(16)7-9-13/h6-10H,3-5H2,1-2H3. The Kier molecular flexibility index (Phi) is 4.27. The van der Waals surface area contributed by atoms with Crippen molar-refractivity contribution in [3.63, 3.8) is 0 Å². The van der Waals surface area contributed by atoms with Gasteiger partial charge in [0, 0.05) is 5.02 Å². The zero-order valence-corrected chi connectivity index (χ0v) is 11.9. The van der Waals surface area contributed by atoms with Gasteiger partial charge in [-0.05, 0) is 37.6 Å². The fourth-order valence-corrected chi connectivity index (χ4v) is 2.13. The molecule has 1 aromatic carbocycles. The molecule has 4 heteroatoms. The van der Waals surface area contributed by atoms with Gasteiger partial charge in [-0.25, -0.2) is 4.68 Å².